The number of hydrogen-bond acceptors (Lipinski definition) is 6. The molecule has 0 aliphatic carbocycles. The molecule has 1 amide bonds. The van der Waals surface area contributed by atoms with Gasteiger partial charge in [0.2, 0.25) is 0 Å². The van der Waals surface area contributed by atoms with Crippen molar-refractivity contribution in [3.05, 3.63) is 30.1 Å². The smallest absolute Gasteiger partial charge is 0.465 e. The van der Waals surface area contributed by atoms with Gasteiger partial charge in [-0.2, -0.15) is 4.98 Å². The molecule has 3 heterocycles. The van der Waals surface area contributed by atoms with Gasteiger partial charge >= 0.3 is 12.5 Å². The van der Waals surface area contributed by atoms with E-state index >= 15 is 0 Å². The second-order valence-corrected chi connectivity index (χ2v) is 9.70. The van der Waals surface area contributed by atoms with Crippen LogP contribution in [0.3, 0.4) is 0 Å². The Morgan fingerprint density at radius 1 is 1.18 bits per heavy atom. The fraction of sp³-hybridized carbons (Fsp3) is 0.591. The second kappa shape index (κ2) is 8.19. The minimum Gasteiger partial charge on any atom is -0.465 e. The summed E-state index contributed by atoms with van der Waals surface area (Å²) in [4.78, 5) is 17.2. The molecule has 4 rings (SSSR count). The van der Waals surface area contributed by atoms with Crippen LogP contribution in [0.5, 0.6) is 5.75 Å². The largest absolute Gasteiger partial charge is 0.573 e. The third kappa shape index (κ3) is 5.07. The van der Waals surface area contributed by atoms with Crippen molar-refractivity contribution in [2.45, 2.75) is 64.0 Å². The molecule has 1 spiro atoms. The van der Waals surface area contributed by atoms with Crippen LogP contribution in [0.25, 0.3) is 11.5 Å². The Kier molecular flexibility index (Phi) is 5.80. The molecule has 1 aromatic heterocycles. The van der Waals surface area contributed by atoms with Crippen LogP contribution in [0.4, 0.5) is 18.0 Å². The molecule has 2 aromatic rings. The molecule has 2 aliphatic heterocycles. The molecule has 2 fully saturated rings. The molecular weight excluding hydrogens is 443 g/mol. The number of ether oxygens (including phenoxy) is 2. The highest BCUT2D eigenvalue weighted by Gasteiger charge is 2.53. The van der Waals surface area contributed by atoms with Gasteiger partial charge in [-0.25, -0.2) is 4.79 Å². The summed E-state index contributed by atoms with van der Waals surface area (Å²) in [5.74, 6) is 0.167. The van der Waals surface area contributed by atoms with Crippen molar-refractivity contribution in [3.8, 4) is 17.2 Å². The van der Waals surface area contributed by atoms with E-state index < -0.39 is 18.1 Å². The van der Waals surface area contributed by atoms with Gasteiger partial charge in [-0.3, -0.25) is 0 Å². The van der Waals surface area contributed by atoms with Gasteiger partial charge in [0.25, 0.3) is 5.89 Å². The number of nitrogens with zero attached hydrogens (tertiary/aromatic N) is 3. The molecule has 11 heteroatoms. The first-order valence-electron chi connectivity index (χ1n) is 10.7. The summed E-state index contributed by atoms with van der Waals surface area (Å²) >= 11 is 0. The van der Waals surface area contributed by atoms with E-state index in [4.69, 9.17) is 9.26 Å². The predicted molar refractivity (Wildman–Crippen MR) is 110 cm³/mol. The highest BCUT2D eigenvalue weighted by atomic mass is 19.4. The second-order valence-electron chi connectivity index (χ2n) is 9.70. The third-order valence-electron chi connectivity index (χ3n) is 6.24. The number of halogens is 3. The molecule has 180 valence electrons. The number of aromatic nitrogens is 2. The summed E-state index contributed by atoms with van der Waals surface area (Å²) in [5.41, 5.74) is -0.208. The van der Waals surface area contributed by atoms with Gasteiger partial charge in [0.1, 0.15) is 5.75 Å². The summed E-state index contributed by atoms with van der Waals surface area (Å²) in [6, 6.07) is 5.23. The van der Waals surface area contributed by atoms with Crippen molar-refractivity contribution in [2.24, 2.45) is 5.41 Å². The monoisotopic (exact) mass is 469 g/mol. The maximum Gasteiger partial charge on any atom is 0.573 e. The Labute approximate surface area is 188 Å². The van der Waals surface area contributed by atoms with Crippen molar-refractivity contribution >= 4 is 6.09 Å². The quantitative estimate of drug-likeness (QED) is 0.670. The van der Waals surface area contributed by atoms with E-state index in [1.165, 1.54) is 29.2 Å². The average Bonchev–Trinajstić information content (AvgIpc) is 3.33. The zero-order chi connectivity index (χ0) is 24.0. The van der Waals surface area contributed by atoms with E-state index in [9.17, 15) is 23.1 Å². The zero-order valence-electron chi connectivity index (χ0n) is 18.6. The standard InChI is InChI=1S/C22H26F3N3O5/c1-20(2,3)16-15(12-21(32-16)8-10-28(11-9-21)19(29)30)17-26-18(33-27-17)13-4-6-14(7-5-13)31-22(23,24)25/h4-7,15-16H,8-12H2,1-3H3,(H,29,30). The SMILES string of the molecule is CC(C)(C)C1OC2(CCN(C(=O)O)CC2)CC1c1noc(-c2ccc(OC(F)(F)F)cc2)n1. The van der Waals surface area contributed by atoms with E-state index in [2.05, 4.69) is 35.6 Å². The number of piperidine rings is 1. The number of carbonyl (C=O) groups is 1. The first-order chi connectivity index (χ1) is 15.4. The van der Waals surface area contributed by atoms with Crippen molar-refractivity contribution in [3.63, 3.8) is 0 Å². The molecule has 33 heavy (non-hydrogen) atoms. The normalized spacial score (nSPS) is 23.2. The van der Waals surface area contributed by atoms with Crippen LogP contribution in [0, 0.1) is 5.41 Å². The first kappa shape index (κ1) is 23.3. The summed E-state index contributed by atoms with van der Waals surface area (Å²) < 4.78 is 53.0. The maximum absolute atomic E-state index is 12.4. The predicted octanol–water partition coefficient (Wildman–Crippen LogP) is 5.07. The van der Waals surface area contributed by atoms with Gasteiger partial charge in [-0.15, -0.1) is 13.2 Å². The third-order valence-corrected chi connectivity index (χ3v) is 6.24. The summed E-state index contributed by atoms with van der Waals surface area (Å²) in [6.07, 6.45) is -4.08. The molecule has 2 atom stereocenters. The van der Waals surface area contributed by atoms with Gasteiger partial charge in [0.05, 0.1) is 17.6 Å². The van der Waals surface area contributed by atoms with E-state index in [1.807, 2.05) is 0 Å². The summed E-state index contributed by atoms with van der Waals surface area (Å²) in [7, 11) is 0. The Morgan fingerprint density at radius 2 is 1.82 bits per heavy atom. The van der Waals surface area contributed by atoms with Crippen LogP contribution in [0.15, 0.2) is 28.8 Å². The van der Waals surface area contributed by atoms with Gasteiger partial charge in [0, 0.05) is 18.7 Å². The molecule has 1 aromatic carbocycles. The van der Waals surface area contributed by atoms with Crippen molar-refractivity contribution < 1.29 is 37.1 Å². The van der Waals surface area contributed by atoms with Crippen LogP contribution in [0.1, 0.15) is 51.8 Å². The zero-order valence-corrected chi connectivity index (χ0v) is 18.6. The van der Waals surface area contributed by atoms with E-state index in [-0.39, 0.29) is 29.1 Å². The molecule has 0 radical (unpaired) electrons. The molecular formula is C22H26F3N3O5. The van der Waals surface area contributed by atoms with Crippen LogP contribution >= 0.6 is 0 Å². The lowest BCUT2D eigenvalue weighted by molar-refractivity contribution is -0.274. The van der Waals surface area contributed by atoms with E-state index in [1.54, 1.807) is 0 Å². The molecule has 1 N–H and O–H groups in total. The molecule has 0 bridgehead atoms. The number of rotatable bonds is 3. The fourth-order valence-electron chi connectivity index (χ4n) is 4.64. The highest BCUT2D eigenvalue weighted by Crippen LogP contribution is 2.51. The van der Waals surface area contributed by atoms with Crippen LogP contribution in [-0.4, -0.2) is 57.4 Å². The summed E-state index contributed by atoms with van der Waals surface area (Å²) in [5, 5.41) is 13.4. The number of benzene rings is 1. The molecule has 0 saturated carbocycles. The molecule has 8 nitrogen and oxygen atoms in total. The van der Waals surface area contributed by atoms with Gasteiger partial charge < -0.3 is 24.0 Å². The van der Waals surface area contributed by atoms with Gasteiger partial charge in [-0.05, 0) is 48.9 Å². The number of carboxylic acid groups (broad SMARTS) is 1. The Balaban J connectivity index is 1.54. The maximum atomic E-state index is 12.4. The fourth-order valence-corrected chi connectivity index (χ4v) is 4.64. The van der Waals surface area contributed by atoms with Crippen molar-refractivity contribution in [1.82, 2.24) is 15.0 Å². The van der Waals surface area contributed by atoms with Gasteiger partial charge in [-0.1, -0.05) is 25.9 Å². The minimum atomic E-state index is -4.76. The Hall–Kier alpha value is -2.82. The molecule has 2 aliphatic rings. The van der Waals surface area contributed by atoms with Crippen LogP contribution in [-0.2, 0) is 4.74 Å². The lowest BCUT2D eigenvalue weighted by atomic mass is 9.78. The molecule has 2 saturated heterocycles. The lowest BCUT2D eigenvalue weighted by Crippen LogP contribution is -2.46. The van der Waals surface area contributed by atoms with Gasteiger partial charge in [0.15, 0.2) is 5.82 Å². The number of amides is 1. The summed E-state index contributed by atoms with van der Waals surface area (Å²) in [6.45, 7) is 7.01. The Bertz CT molecular complexity index is 992. The van der Waals surface area contributed by atoms with Crippen molar-refractivity contribution in [1.29, 1.82) is 0 Å². The minimum absolute atomic E-state index is 0.160. The van der Waals surface area contributed by atoms with E-state index in [0.29, 0.717) is 43.7 Å². The lowest BCUT2D eigenvalue weighted by Gasteiger charge is -2.39. The van der Waals surface area contributed by atoms with Crippen LogP contribution < -0.4 is 4.74 Å². The average molecular weight is 469 g/mol. The number of alkyl halides is 3. The van der Waals surface area contributed by atoms with Crippen LogP contribution in [0.2, 0.25) is 0 Å². The van der Waals surface area contributed by atoms with E-state index in [0.717, 1.165) is 0 Å². The Morgan fingerprint density at radius 3 is 2.36 bits per heavy atom. The molecule has 2 unspecified atom stereocenters. The number of likely N-dealkylation sites (tertiary alicyclic amines) is 1. The topological polar surface area (TPSA) is 97.9 Å². The van der Waals surface area contributed by atoms with Crippen molar-refractivity contribution in [2.75, 3.05) is 13.1 Å². The number of hydrogen-bond donors (Lipinski definition) is 1. The highest BCUT2D eigenvalue weighted by molar-refractivity contribution is 5.65. The first-order valence-corrected chi connectivity index (χ1v) is 10.7.